The number of hydrogen-bond donors (Lipinski definition) is 3. The standard InChI is InChI=1S/C34H27N5O10S2.2Na/c1-48-27-15-19(20-8-12-24(28(16-20)49-2)37-39-33-21-6-4-3-5-18(21)9-14-26(33)40)7-11-23(27)36-38-25-13-10-22-29(50(42,43)44)17-30(51(45,46)47)32(35)31(22)34(25)41;;/h3-17,36-37H,35H2,1-2H3,(H,42,43,44)(H,45,46,47);;/q;2*+1/p-2/b38-25+,39-33-;;. The van der Waals surface area contributed by atoms with Crippen molar-refractivity contribution in [2.24, 2.45) is 10.2 Å². The maximum Gasteiger partial charge on any atom is 1.00 e. The number of allylic oxidation sites excluding steroid dienone is 2. The Balaban J connectivity index is 0.00000314. The first-order chi connectivity index (χ1) is 24.2. The predicted molar refractivity (Wildman–Crippen MR) is 187 cm³/mol. The topological polar surface area (TPSA) is 242 Å². The van der Waals surface area contributed by atoms with Crippen LogP contribution in [-0.4, -0.2) is 63.2 Å². The number of nitrogens with two attached hydrogens (primary N) is 1. The van der Waals surface area contributed by atoms with Crippen LogP contribution in [-0.2, 0) is 25.0 Å². The molecule has 15 nitrogen and oxygen atoms in total. The summed E-state index contributed by atoms with van der Waals surface area (Å²) in [6.45, 7) is 0. The molecule has 4 aromatic rings. The van der Waals surface area contributed by atoms with E-state index in [0.717, 1.165) is 17.7 Å². The predicted octanol–water partition coefficient (Wildman–Crippen LogP) is -2.14. The van der Waals surface area contributed by atoms with Crippen LogP contribution in [0, 0.1) is 0 Å². The Morgan fingerprint density at radius 1 is 0.698 bits per heavy atom. The van der Waals surface area contributed by atoms with Crippen LogP contribution in [0.3, 0.4) is 0 Å². The van der Waals surface area contributed by atoms with Crippen LogP contribution in [0.1, 0.15) is 27.0 Å². The number of nitrogens with one attached hydrogen (secondary N) is 2. The van der Waals surface area contributed by atoms with Crippen LogP contribution in [0.2, 0.25) is 0 Å². The van der Waals surface area contributed by atoms with Crippen molar-refractivity contribution in [1.29, 1.82) is 0 Å². The molecule has 260 valence electrons. The molecule has 0 spiro atoms. The van der Waals surface area contributed by atoms with Gasteiger partial charge in [-0.25, -0.2) is 16.8 Å². The fourth-order valence-electron chi connectivity index (χ4n) is 5.46. The van der Waals surface area contributed by atoms with Crippen molar-refractivity contribution in [2.45, 2.75) is 9.79 Å². The van der Waals surface area contributed by atoms with E-state index < -0.39 is 52.6 Å². The molecule has 0 bridgehead atoms. The number of nitrogen functional groups attached to an aromatic ring is 1. The van der Waals surface area contributed by atoms with Crippen LogP contribution in [0.15, 0.2) is 98.9 Å². The van der Waals surface area contributed by atoms with Gasteiger partial charge in [-0.1, -0.05) is 48.6 Å². The Bertz CT molecular complexity index is 2520. The zero-order chi connectivity index (χ0) is 36.7. The molecule has 4 N–H and O–H groups in total. The Hall–Kier alpha value is -4.14. The molecular weight excluding hydrogens is 749 g/mol. The Morgan fingerprint density at radius 3 is 1.83 bits per heavy atom. The van der Waals surface area contributed by atoms with Gasteiger partial charge in [-0.2, -0.15) is 10.2 Å². The average Bonchev–Trinajstić information content (AvgIpc) is 3.09. The van der Waals surface area contributed by atoms with E-state index in [4.69, 9.17) is 15.2 Å². The number of anilines is 3. The number of hydrazone groups is 2. The van der Waals surface area contributed by atoms with Gasteiger partial charge in [0.2, 0.25) is 11.6 Å². The maximum atomic E-state index is 13.3. The third-order valence-corrected chi connectivity index (χ3v) is 9.68. The van der Waals surface area contributed by atoms with E-state index in [1.165, 1.54) is 20.3 Å². The van der Waals surface area contributed by atoms with E-state index >= 15 is 0 Å². The molecule has 0 amide bonds. The normalized spacial score (nSPS) is 14.9. The van der Waals surface area contributed by atoms with Gasteiger partial charge >= 0.3 is 59.1 Å². The third-order valence-electron chi connectivity index (χ3n) is 7.92. The molecule has 0 aromatic heterocycles. The summed E-state index contributed by atoms with van der Waals surface area (Å²) < 4.78 is 82.0. The Labute approximate surface area is 348 Å². The first-order valence-electron chi connectivity index (χ1n) is 14.7. The number of Topliss-reactive ketones (excluding diaryl/α,β-unsaturated/α-hetero) is 1. The fourth-order valence-corrected chi connectivity index (χ4v) is 6.87. The molecule has 0 saturated heterocycles. The van der Waals surface area contributed by atoms with E-state index in [-0.39, 0.29) is 76.3 Å². The number of ketones is 2. The summed E-state index contributed by atoms with van der Waals surface area (Å²) in [6.07, 6.45) is 5.35. The van der Waals surface area contributed by atoms with E-state index in [1.807, 2.05) is 24.3 Å². The van der Waals surface area contributed by atoms with Gasteiger partial charge in [-0.15, -0.1) is 0 Å². The second-order valence-corrected chi connectivity index (χ2v) is 13.6. The van der Waals surface area contributed by atoms with Crippen molar-refractivity contribution in [3.8, 4) is 22.6 Å². The van der Waals surface area contributed by atoms with Gasteiger partial charge in [0.05, 0.1) is 46.6 Å². The van der Waals surface area contributed by atoms with Gasteiger partial charge in [0.1, 0.15) is 43.2 Å². The van der Waals surface area contributed by atoms with Crippen LogP contribution in [0.5, 0.6) is 11.5 Å². The van der Waals surface area contributed by atoms with Gasteiger partial charge < -0.3 is 24.3 Å². The average molecular weight is 774 g/mol. The molecule has 0 fully saturated rings. The summed E-state index contributed by atoms with van der Waals surface area (Å²) >= 11 is 0. The molecule has 0 atom stereocenters. The summed E-state index contributed by atoms with van der Waals surface area (Å²) in [5, 5.41) is 8.42. The maximum absolute atomic E-state index is 13.3. The minimum absolute atomic E-state index is 0. The van der Waals surface area contributed by atoms with Gasteiger partial charge in [0.25, 0.3) is 0 Å². The monoisotopic (exact) mass is 773 g/mol. The van der Waals surface area contributed by atoms with Crippen molar-refractivity contribution >= 4 is 72.4 Å². The molecule has 6 rings (SSSR count). The zero-order valence-electron chi connectivity index (χ0n) is 28.5. The van der Waals surface area contributed by atoms with Crippen LogP contribution in [0.25, 0.3) is 23.3 Å². The molecule has 4 aromatic carbocycles. The number of fused-ring (bicyclic) bond motifs is 2. The van der Waals surface area contributed by atoms with Crippen LogP contribution < -0.4 is 85.2 Å². The third kappa shape index (κ3) is 8.49. The van der Waals surface area contributed by atoms with E-state index in [2.05, 4.69) is 21.1 Å². The quantitative estimate of drug-likeness (QED) is 0.0713. The van der Waals surface area contributed by atoms with Gasteiger partial charge in [0.15, 0.2) is 0 Å². The van der Waals surface area contributed by atoms with Crippen molar-refractivity contribution < 1.29 is 104 Å². The van der Waals surface area contributed by atoms with Crippen LogP contribution in [0.4, 0.5) is 17.1 Å². The fraction of sp³-hybridized carbons (Fsp3) is 0.0588. The zero-order valence-corrected chi connectivity index (χ0v) is 34.2. The van der Waals surface area contributed by atoms with Gasteiger partial charge in [-0.3, -0.25) is 20.4 Å². The molecular formula is C34H25N5Na2O10S2. The Kier molecular flexibility index (Phi) is 12.9. The smallest absolute Gasteiger partial charge is 0.744 e. The molecule has 0 radical (unpaired) electrons. The first kappa shape index (κ1) is 41.6. The number of hydrogen-bond acceptors (Lipinski definition) is 15. The van der Waals surface area contributed by atoms with Crippen molar-refractivity contribution in [1.82, 2.24) is 0 Å². The molecule has 2 aliphatic rings. The molecule has 53 heavy (non-hydrogen) atoms. The van der Waals surface area contributed by atoms with Crippen LogP contribution >= 0.6 is 0 Å². The number of ether oxygens (including phenoxy) is 2. The molecule has 0 heterocycles. The molecule has 19 heteroatoms. The minimum Gasteiger partial charge on any atom is -0.744 e. The molecule has 0 aliphatic heterocycles. The van der Waals surface area contributed by atoms with Crippen molar-refractivity contribution in [3.05, 3.63) is 101 Å². The van der Waals surface area contributed by atoms with E-state index in [9.17, 15) is 35.5 Å². The van der Waals surface area contributed by atoms with Crippen molar-refractivity contribution in [2.75, 3.05) is 30.8 Å². The second kappa shape index (κ2) is 16.5. The van der Waals surface area contributed by atoms with E-state index in [0.29, 0.717) is 45.6 Å². The van der Waals surface area contributed by atoms with E-state index in [1.54, 1.807) is 42.5 Å². The summed E-state index contributed by atoms with van der Waals surface area (Å²) in [6, 6.07) is 18.0. The summed E-state index contributed by atoms with van der Waals surface area (Å²) in [7, 11) is -7.79. The number of carbonyl (C=O) groups excluding carboxylic acids is 2. The number of rotatable bonds is 9. The number of benzene rings is 4. The SMILES string of the molecule is COc1cc(-c2ccc(N/N=C3\C=Cc4c(S(=O)(=O)[O-])cc(S(=O)(=O)[O-])c(N)c4C3=O)c(OC)c2)ccc1N/N=C1\C(=O)C=Cc2ccccc21.[Na+].[Na+]. The molecule has 0 saturated carbocycles. The summed E-state index contributed by atoms with van der Waals surface area (Å²) in [4.78, 5) is 23.6. The number of carbonyl (C=O) groups is 2. The summed E-state index contributed by atoms with van der Waals surface area (Å²) in [5.74, 6) is -0.561. The molecule has 2 aliphatic carbocycles. The second-order valence-electron chi connectivity index (χ2n) is 10.9. The Morgan fingerprint density at radius 2 is 1.26 bits per heavy atom. The van der Waals surface area contributed by atoms with Gasteiger partial charge in [0, 0.05) is 11.1 Å². The van der Waals surface area contributed by atoms with Gasteiger partial charge in [-0.05, 0) is 59.2 Å². The largest absolute Gasteiger partial charge is 1.00 e. The first-order valence-corrected chi connectivity index (χ1v) is 17.5. The number of nitrogens with zero attached hydrogens (tertiary/aromatic N) is 2. The molecule has 0 unspecified atom stereocenters. The van der Waals surface area contributed by atoms with Crippen molar-refractivity contribution in [3.63, 3.8) is 0 Å². The summed E-state index contributed by atoms with van der Waals surface area (Å²) in [5.41, 5.74) is 13.2. The minimum atomic E-state index is -5.37. The number of methoxy groups -OCH3 is 2.